The molecule has 0 radical (unpaired) electrons. The van der Waals surface area contributed by atoms with Gasteiger partial charge in [0.05, 0.1) is 23.2 Å². The largest absolute Gasteiger partial charge is 0.383 e. The number of methoxy groups -OCH3 is 1. The molecule has 2 aliphatic rings. The molecule has 200 valence electrons. The lowest BCUT2D eigenvalue weighted by Gasteiger charge is -2.36. The minimum atomic E-state index is -0.397. The van der Waals surface area contributed by atoms with Crippen molar-refractivity contribution in [3.8, 4) is 0 Å². The van der Waals surface area contributed by atoms with Gasteiger partial charge in [0.15, 0.2) is 0 Å². The number of carbonyl (C=O) groups excluding carboxylic acids is 4. The maximum absolute atomic E-state index is 13.5. The molecule has 1 aliphatic heterocycles. The molecule has 0 spiro atoms. The summed E-state index contributed by atoms with van der Waals surface area (Å²) < 4.78 is 5.19. The first-order valence-electron chi connectivity index (χ1n) is 12.1. The van der Waals surface area contributed by atoms with Gasteiger partial charge in [0.1, 0.15) is 11.4 Å². The van der Waals surface area contributed by atoms with Gasteiger partial charge in [-0.1, -0.05) is 47.5 Å². The van der Waals surface area contributed by atoms with Crippen LogP contribution in [0.1, 0.15) is 31.1 Å². The van der Waals surface area contributed by atoms with Gasteiger partial charge in [-0.15, -0.1) is 0 Å². The second kappa shape index (κ2) is 12.1. The van der Waals surface area contributed by atoms with Crippen LogP contribution in [0.25, 0.3) is 0 Å². The van der Waals surface area contributed by atoms with Crippen molar-refractivity contribution < 1.29 is 23.9 Å². The molecule has 0 saturated carbocycles. The van der Waals surface area contributed by atoms with E-state index in [1.165, 1.54) is 12.0 Å². The van der Waals surface area contributed by atoms with E-state index in [-0.39, 0.29) is 54.3 Å². The molecule has 1 saturated heterocycles. The van der Waals surface area contributed by atoms with Crippen LogP contribution < -0.4 is 5.32 Å². The summed E-state index contributed by atoms with van der Waals surface area (Å²) in [6.07, 6.45) is 0. The SMILES string of the molecule is CNC1=C(N(CCOC)C(=O)CN2CCN(C(=O)c3ccc(Cl)c(Cl)c3)CC2)C(=O)c2ccccc2C1=O. The third-order valence-electron chi connectivity index (χ3n) is 6.62. The number of rotatable bonds is 8. The van der Waals surface area contributed by atoms with Crippen LogP contribution in [-0.4, -0.2) is 98.1 Å². The molecule has 0 aromatic heterocycles. The Kier molecular flexibility index (Phi) is 8.83. The van der Waals surface area contributed by atoms with Gasteiger partial charge in [-0.3, -0.25) is 24.1 Å². The van der Waals surface area contributed by atoms with Crippen LogP contribution in [0.3, 0.4) is 0 Å². The third kappa shape index (κ3) is 5.61. The average Bonchev–Trinajstić information content (AvgIpc) is 2.93. The van der Waals surface area contributed by atoms with E-state index in [0.29, 0.717) is 47.4 Å². The number of hydrogen-bond donors (Lipinski definition) is 1. The lowest BCUT2D eigenvalue weighted by Crippen LogP contribution is -2.52. The molecular formula is C27H28Cl2N4O5. The molecule has 4 rings (SSSR count). The number of piperazine rings is 1. The molecule has 1 heterocycles. The lowest BCUT2D eigenvalue weighted by atomic mass is 9.89. The van der Waals surface area contributed by atoms with Crippen LogP contribution in [0.4, 0.5) is 0 Å². The van der Waals surface area contributed by atoms with E-state index < -0.39 is 5.78 Å². The molecule has 1 aliphatic carbocycles. The summed E-state index contributed by atoms with van der Waals surface area (Å²) in [6, 6.07) is 11.3. The number of allylic oxidation sites excluding steroid dienone is 2. The maximum atomic E-state index is 13.5. The number of halogens is 2. The minimum Gasteiger partial charge on any atom is -0.383 e. The van der Waals surface area contributed by atoms with Crippen LogP contribution >= 0.6 is 23.2 Å². The highest BCUT2D eigenvalue weighted by Crippen LogP contribution is 2.28. The first kappa shape index (κ1) is 27.8. The molecule has 1 fully saturated rings. The van der Waals surface area contributed by atoms with Crippen molar-refractivity contribution in [1.29, 1.82) is 0 Å². The molecule has 0 unspecified atom stereocenters. The van der Waals surface area contributed by atoms with Gasteiger partial charge >= 0.3 is 0 Å². The van der Waals surface area contributed by atoms with Gasteiger partial charge in [0.25, 0.3) is 5.91 Å². The second-order valence-electron chi connectivity index (χ2n) is 8.91. The number of ether oxygens (including phenoxy) is 1. The average molecular weight is 559 g/mol. The van der Waals surface area contributed by atoms with Crippen molar-refractivity contribution in [1.82, 2.24) is 20.0 Å². The number of hydrogen-bond acceptors (Lipinski definition) is 7. The predicted octanol–water partition coefficient (Wildman–Crippen LogP) is 2.74. The number of nitrogens with zero attached hydrogens (tertiary/aromatic N) is 3. The zero-order valence-corrected chi connectivity index (χ0v) is 22.6. The molecule has 2 amide bonds. The van der Waals surface area contributed by atoms with E-state index in [9.17, 15) is 19.2 Å². The third-order valence-corrected chi connectivity index (χ3v) is 7.36. The summed E-state index contributed by atoms with van der Waals surface area (Å²) in [6.45, 7) is 2.06. The number of fused-ring (bicyclic) bond motifs is 1. The molecule has 1 N–H and O–H groups in total. The Hall–Kier alpha value is -3.24. The van der Waals surface area contributed by atoms with Gasteiger partial charge in [-0.2, -0.15) is 0 Å². The Bertz CT molecular complexity index is 1300. The van der Waals surface area contributed by atoms with Crippen molar-refractivity contribution in [3.63, 3.8) is 0 Å². The summed E-state index contributed by atoms with van der Waals surface area (Å²) in [7, 11) is 3.06. The normalized spacial score (nSPS) is 15.9. The Morgan fingerprint density at radius 1 is 0.974 bits per heavy atom. The van der Waals surface area contributed by atoms with Crippen molar-refractivity contribution in [2.45, 2.75) is 0 Å². The highest BCUT2D eigenvalue weighted by atomic mass is 35.5. The maximum Gasteiger partial charge on any atom is 0.253 e. The molecule has 0 bridgehead atoms. The fourth-order valence-electron chi connectivity index (χ4n) is 4.59. The van der Waals surface area contributed by atoms with Crippen molar-refractivity contribution in [2.24, 2.45) is 0 Å². The summed E-state index contributed by atoms with van der Waals surface area (Å²) in [5.74, 6) is -1.24. The van der Waals surface area contributed by atoms with Gasteiger partial charge < -0.3 is 19.9 Å². The van der Waals surface area contributed by atoms with E-state index >= 15 is 0 Å². The zero-order chi connectivity index (χ0) is 27.4. The quantitative estimate of drug-likeness (QED) is 0.531. The van der Waals surface area contributed by atoms with Gasteiger partial charge in [-0.25, -0.2) is 0 Å². The van der Waals surface area contributed by atoms with Crippen LogP contribution in [0.5, 0.6) is 0 Å². The van der Waals surface area contributed by atoms with Crippen molar-refractivity contribution in [3.05, 3.63) is 80.6 Å². The van der Waals surface area contributed by atoms with Gasteiger partial charge in [-0.05, 0) is 18.2 Å². The van der Waals surface area contributed by atoms with Crippen LogP contribution in [0, 0.1) is 0 Å². The first-order chi connectivity index (χ1) is 18.3. The Labute approximate surface area is 230 Å². The molecular weight excluding hydrogens is 531 g/mol. The Morgan fingerprint density at radius 2 is 1.63 bits per heavy atom. The fourth-order valence-corrected chi connectivity index (χ4v) is 4.89. The van der Waals surface area contributed by atoms with E-state index in [1.807, 2.05) is 4.90 Å². The monoisotopic (exact) mass is 558 g/mol. The van der Waals surface area contributed by atoms with Crippen LogP contribution in [0.15, 0.2) is 53.9 Å². The minimum absolute atomic E-state index is 0.0160. The number of Topliss-reactive ketones (excluding diaryl/α,β-unsaturated/α-hetero) is 2. The number of ketones is 2. The lowest BCUT2D eigenvalue weighted by molar-refractivity contribution is -0.131. The zero-order valence-electron chi connectivity index (χ0n) is 21.1. The number of likely N-dealkylation sites (N-methyl/N-ethyl adjacent to an activating group) is 1. The molecule has 11 heteroatoms. The highest BCUT2D eigenvalue weighted by molar-refractivity contribution is 6.42. The number of amides is 2. The van der Waals surface area contributed by atoms with Gasteiger partial charge in [0, 0.05) is 63.6 Å². The summed E-state index contributed by atoms with van der Waals surface area (Å²) in [4.78, 5) is 58.0. The van der Waals surface area contributed by atoms with Crippen molar-refractivity contribution in [2.75, 3.05) is 60.0 Å². The molecule has 38 heavy (non-hydrogen) atoms. The predicted molar refractivity (Wildman–Crippen MR) is 144 cm³/mol. The van der Waals surface area contributed by atoms with E-state index in [4.69, 9.17) is 27.9 Å². The highest BCUT2D eigenvalue weighted by Gasteiger charge is 2.37. The first-order valence-corrected chi connectivity index (χ1v) is 12.9. The van der Waals surface area contributed by atoms with E-state index in [2.05, 4.69) is 5.32 Å². The number of benzene rings is 2. The standard InChI is InChI=1S/C27H28Cl2N4O5/c1-30-23-24(26(36)19-6-4-3-5-18(19)25(23)35)33(13-14-38-2)22(34)16-31-9-11-32(12-10-31)27(37)17-7-8-20(28)21(29)15-17/h3-8,15,30H,9-14,16H2,1-2H3. The summed E-state index contributed by atoms with van der Waals surface area (Å²) in [5, 5.41) is 3.52. The molecule has 2 aromatic rings. The Morgan fingerprint density at radius 3 is 2.24 bits per heavy atom. The summed E-state index contributed by atoms with van der Waals surface area (Å²) >= 11 is 12.0. The molecule has 2 aromatic carbocycles. The second-order valence-corrected chi connectivity index (χ2v) is 9.73. The van der Waals surface area contributed by atoms with Crippen LogP contribution in [-0.2, 0) is 9.53 Å². The van der Waals surface area contributed by atoms with Crippen LogP contribution in [0.2, 0.25) is 10.0 Å². The fraction of sp³-hybridized carbons (Fsp3) is 0.333. The number of nitrogens with one attached hydrogen (secondary N) is 1. The molecule has 0 atom stereocenters. The smallest absolute Gasteiger partial charge is 0.253 e. The molecule has 9 nitrogen and oxygen atoms in total. The Balaban J connectivity index is 1.48. The van der Waals surface area contributed by atoms with E-state index in [1.54, 1.807) is 54.4 Å². The van der Waals surface area contributed by atoms with E-state index in [0.717, 1.165) is 0 Å². The number of carbonyl (C=O) groups is 4. The van der Waals surface area contributed by atoms with Crippen molar-refractivity contribution >= 4 is 46.6 Å². The van der Waals surface area contributed by atoms with Gasteiger partial charge in [0.2, 0.25) is 17.5 Å². The topological polar surface area (TPSA) is 99.3 Å². The summed E-state index contributed by atoms with van der Waals surface area (Å²) in [5.41, 5.74) is 1.10.